The van der Waals surface area contributed by atoms with Gasteiger partial charge < -0.3 is 10.7 Å². The summed E-state index contributed by atoms with van der Waals surface area (Å²) in [6.07, 6.45) is 1.99. The maximum atomic E-state index is 12.1. The minimum absolute atomic E-state index is 0.0873. The third kappa shape index (κ3) is 3.44. The van der Waals surface area contributed by atoms with Gasteiger partial charge in [0.05, 0.1) is 6.20 Å². The van der Waals surface area contributed by atoms with E-state index in [9.17, 15) is 8.42 Å². The molecule has 0 saturated heterocycles. The summed E-state index contributed by atoms with van der Waals surface area (Å²) >= 11 is 0. The standard InChI is InChI=1S/C13H18N4O2S/c1-2-12-15-9-13(17-12)20(18,19)16-8-11-5-3-4-10(6-11)7-14/h3-6,9,16H,2,7-8,14H2,1H3,(H,15,17). The van der Waals surface area contributed by atoms with Gasteiger partial charge in [-0.05, 0) is 11.1 Å². The molecule has 2 rings (SSSR count). The predicted molar refractivity (Wildman–Crippen MR) is 76.3 cm³/mol. The number of rotatable bonds is 6. The van der Waals surface area contributed by atoms with E-state index in [0.29, 0.717) is 18.8 Å². The second-order valence-corrected chi connectivity index (χ2v) is 6.13. The topological polar surface area (TPSA) is 101 Å². The molecular formula is C13H18N4O2S. The van der Waals surface area contributed by atoms with Crippen molar-refractivity contribution in [3.63, 3.8) is 0 Å². The zero-order valence-corrected chi connectivity index (χ0v) is 12.1. The van der Waals surface area contributed by atoms with Crippen LogP contribution in [0, 0.1) is 0 Å². The van der Waals surface area contributed by atoms with Gasteiger partial charge in [-0.15, -0.1) is 0 Å². The first-order chi connectivity index (χ1) is 9.55. The third-order valence-electron chi connectivity index (χ3n) is 2.92. The Bertz CT molecular complexity index is 679. The predicted octanol–water partition coefficient (Wildman–Crippen LogP) is 0.909. The largest absolute Gasteiger partial charge is 0.332 e. The Morgan fingerprint density at radius 1 is 1.35 bits per heavy atom. The Kier molecular flexibility index (Phi) is 4.53. The molecule has 0 unspecified atom stereocenters. The molecule has 1 heterocycles. The first-order valence-corrected chi connectivity index (χ1v) is 7.85. The van der Waals surface area contributed by atoms with Crippen molar-refractivity contribution in [2.45, 2.75) is 31.5 Å². The number of aromatic nitrogens is 2. The summed E-state index contributed by atoms with van der Waals surface area (Å²) in [6.45, 7) is 2.55. The van der Waals surface area contributed by atoms with Crippen LogP contribution in [-0.2, 0) is 29.5 Å². The number of sulfonamides is 1. The number of H-pyrrole nitrogens is 1. The molecule has 108 valence electrons. The molecular weight excluding hydrogens is 276 g/mol. The fraction of sp³-hybridized carbons (Fsp3) is 0.308. The molecule has 2 aromatic rings. The van der Waals surface area contributed by atoms with Crippen molar-refractivity contribution in [1.29, 1.82) is 0 Å². The van der Waals surface area contributed by atoms with Gasteiger partial charge in [0.15, 0.2) is 5.03 Å². The van der Waals surface area contributed by atoms with Crippen LogP contribution >= 0.6 is 0 Å². The fourth-order valence-corrected chi connectivity index (χ4v) is 2.74. The van der Waals surface area contributed by atoms with Crippen LogP contribution in [0.15, 0.2) is 35.5 Å². The van der Waals surface area contributed by atoms with Gasteiger partial charge in [-0.2, -0.15) is 0 Å². The molecule has 0 aliphatic carbocycles. The normalized spacial score (nSPS) is 11.7. The number of hydrogen-bond donors (Lipinski definition) is 3. The van der Waals surface area contributed by atoms with Crippen molar-refractivity contribution >= 4 is 10.0 Å². The molecule has 1 aromatic heterocycles. The second-order valence-electron chi connectivity index (χ2n) is 4.40. The lowest BCUT2D eigenvalue weighted by Gasteiger charge is -2.06. The van der Waals surface area contributed by atoms with Crippen LogP contribution in [0.4, 0.5) is 0 Å². The minimum Gasteiger partial charge on any atom is -0.332 e. The molecule has 7 heteroatoms. The average molecular weight is 294 g/mol. The third-order valence-corrected chi connectivity index (χ3v) is 4.23. The monoisotopic (exact) mass is 294 g/mol. The smallest absolute Gasteiger partial charge is 0.257 e. The molecule has 20 heavy (non-hydrogen) atoms. The SMILES string of the molecule is CCc1ncc(S(=O)(=O)NCc2cccc(CN)c2)[nH]1. The van der Waals surface area contributed by atoms with E-state index in [0.717, 1.165) is 11.1 Å². The number of hydrogen-bond acceptors (Lipinski definition) is 4. The molecule has 0 bridgehead atoms. The first kappa shape index (κ1) is 14.7. The van der Waals surface area contributed by atoms with Crippen molar-refractivity contribution in [2.75, 3.05) is 0 Å². The summed E-state index contributed by atoms with van der Waals surface area (Å²) < 4.78 is 26.7. The maximum Gasteiger partial charge on any atom is 0.257 e. The van der Waals surface area contributed by atoms with Gasteiger partial charge in [-0.1, -0.05) is 31.2 Å². The van der Waals surface area contributed by atoms with E-state index in [4.69, 9.17) is 5.73 Å². The van der Waals surface area contributed by atoms with E-state index in [2.05, 4.69) is 14.7 Å². The number of imidazole rings is 1. The average Bonchev–Trinajstić information content (AvgIpc) is 2.95. The molecule has 0 spiro atoms. The van der Waals surface area contributed by atoms with Gasteiger partial charge in [-0.3, -0.25) is 0 Å². The number of nitrogens with two attached hydrogens (primary N) is 1. The van der Waals surface area contributed by atoms with Gasteiger partial charge in [0.1, 0.15) is 5.82 Å². The van der Waals surface area contributed by atoms with E-state index >= 15 is 0 Å². The fourth-order valence-electron chi connectivity index (χ4n) is 1.78. The summed E-state index contributed by atoms with van der Waals surface area (Å²) in [6, 6.07) is 7.50. The molecule has 0 saturated carbocycles. The summed E-state index contributed by atoms with van der Waals surface area (Å²) in [7, 11) is -3.57. The van der Waals surface area contributed by atoms with E-state index < -0.39 is 10.0 Å². The molecule has 0 radical (unpaired) electrons. The number of nitrogens with zero attached hydrogens (tertiary/aromatic N) is 1. The van der Waals surface area contributed by atoms with Gasteiger partial charge in [0, 0.05) is 19.5 Å². The number of benzene rings is 1. The summed E-state index contributed by atoms with van der Waals surface area (Å²) in [5.41, 5.74) is 7.39. The first-order valence-electron chi connectivity index (χ1n) is 6.36. The zero-order valence-electron chi connectivity index (χ0n) is 11.3. The zero-order chi connectivity index (χ0) is 14.6. The number of aromatic amines is 1. The van der Waals surface area contributed by atoms with Crippen LogP contribution in [0.2, 0.25) is 0 Å². The number of aryl methyl sites for hydroxylation is 1. The van der Waals surface area contributed by atoms with Crippen molar-refractivity contribution in [3.8, 4) is 0 Å². The highest BCUT2D eigenvalue weighted by molar-refractivity contribution is 7.89. The maximum absolute atomic E-state index is 12.1. The lowest BCUT2D eigenvalue weighted by atomic mass is 10.1. The van der Waals surface area contributed by atoms with Crippen LogP contribution in [-0.4, -0.2) is 18.4 Å². The van der Waals surface area contributed by atoms with Crippen molar-refractivity contribution in [3.05, 3.63) is 47.4 Å². The van der Waals surface area contributed by atoms with Crippen LogP contribution in [0.25, 0.3) is 0 Å². The van der Waals surface area contributed by atoms with E-state index in [1.54, 1.807) is 0 Å². The highest BCUT2D eigenvalue weighted by Crippen LogP contribution is 2.09. The number of nitrogens with one attached hydrogen (secondary N) is 2. The molecule has 0 atom stereocenters. The Labute approximate surface area is 118 Å². The summed E-state index contributed by atoms with van der Waals surface area (Å²) in [4.78, 5) is 6.77. The van der Waals surface area contributed by atoms with Crippen molar-refractivity contribution < 1.29 is 8.42 Å². The second kappa shape index (κ2) is 6.17. The Morgan fingerprint density at radius 2 is 2.10 bits per heavy atom. The van der Waals surface area contributed by atoms with Crippen LogP contribution in [0.1, 0.15) is 23.9 Å². The minimum atomic E-state index is -3.57. The van der Waals surface area contributed by atoms with E-state index in [1.165, 1.54) is 6.20 Å². The quantitative estimate of drug-likeness (QED) is 0.737. The van der Waals surface area contributed by atoms with E-state index in [1.807, 2.05) is 31.2 Å². The highest BCUT2D eigenvalue weighted by atomic mass is 32.2. The lowest BCUT2D eigenvalue weighted by Crippen LogP contribution is -2.23. The molecule has 6 nitrogen and oxygen atoms in total. The molecule has 0 aliphatic rings. The molecule has 4 N–H and O–H groups in total. The Balaban J connectivity index is 2.08. The van der Waals surface area contributed by atoms with E-state index in [-0.39, 0.29) is 11.6 Å². The molecule has 0 amide bonds. The van der Waals surface area contributed by atoms with Gasteiger partial charge >= 0.3 is 0 Å². The summed E-state index contributed by atoms with van der Waals surface area (Å²) in [5.74, 6) is 0.649. The highest BCUT2D eigenvalue weighted by Gasteiger charge is 2.16. The van der Waals surface area contributed by atoms with Gasteiger partial charge in [0.2, 0.25) is 0 Å². The van der Waals surface area contributed by atoms with Gasteiger partial charge in [0.25, 0.3) is 10.0 Å². The van der Waals surface area contributed by atoms with Crippen LogP contribution in [0.3, 0.4) is 0 Å². The Morgan fingerprint density at radius 3 is 2.75 bits per heavy atom. The molecule has 0 aliphatic heterocycles. The molecule has 1 aromatic carbocycles. The van der Waals surface area contributed by atoms with Crippen LogP contribution < -0.4 is 10.5 Å². The van der Waals surface area contributed by atoms with Crippen molar-refractivity contribution in [2.24, 2.45) is 5.73 Å². The molecule has 0 fully saturated rings. The van der Waals surface area contributed by atoms with Crippen LogP contribution in [0.5, 0.6) is 0 Å². The lowest BCUT2D eigenvalue weighted by molar-refractivity contribution is 0.577. The Hall–Kier alpha value is -1.70. The van der Waals surface area contributed by atoms with Gasteiger partial charge in [-0.25, -0.2) is 18.1 Å². The van der Waals surface area contributed by atoms with Crippen molar-refractivity contribution in [1.82, 2.24) is 14.7 Å². The summed E-state index contributed by atoms with van der Waals surface area (Å²) in [5, 5.41) is 0.0873.